The van der Waals surface area contributed by atoms with Crippen molar-refractivity contribution in [3.05, 3.63) is 46.1 Å². The highest BCUT2D eigenvalue weighted by Crippen LogP contribution is 2.49. The molecule has 2 saturated heterocycles. The molecule has 0 aromatic heterocycles. The number of Topliss-reactive ketones (excluding diaryl/α,β-unsaturated/α-hetero) is 1. The molecule has 10 atom stereocenters. The fourth-order valence-corrected chi connectivity index (χ4v) is 7.73. The number of carbonyl (C=O) groups is 3. The van der Waals surface area contributed by atoms with Crippen LogP contribution in [-0.2, 0) is 42.7 Å². The number of aliphatic hydroxyl groups is 1. The van der Waals surface area contributed by atoms with Crippen LogP contribution >= 0.6 is 11.8 Å². The van der Waals surface area contributed by atoms with Gasteiger partial charge >= 0.3 is 6.09 Å². The third kappa shape index (κ3) is 7.14. The second-order valence-corrected chi connectivity index (χ2v) is 13.3. The molecule has 2 bridgehead atoms. The molecule has 3 aliphatic heterocycles. The SMILES string of the molecule is COC1[C@@H](C)C2OC2(C)[C@H](OC(N)=O)C(OC)/C=C\C=C(/C)C(=O)NC2=C3SCCOC3(O)C=C(C2=O)[C@H](OC)[C@@H](C)C[C@@H]1OC. The number of ether oxygens (including phenoxy) is 7. The van der Waals surface area contributed by atoms with Crippen molar-refractivity contribution in [2.75, 3.05) is 40.8 Å². The van der Waals surface area contributed by atoms with Gasteiger partial charge in [0.05, 0.1) is 35.9 Å². The third-order valence-electron chi connectivity index (χ3n) is 9.17. The Labute approximate surface area is 273 Å². The molecular weight excluding hydrogens is 620 g/mol. The summed E-state index contributed by atoms with van der Waals surface area (Å²) in [5.41, 5.74) is 4.82. The van der Waals surface area contributed by atoms with E-state index in [0.717, 1.165) is 0 Å². The lowest BCUT2D eigenvalue weighted by atomic mass is 9.81. The zero-order valence-corrected chi connectivity index (χ0v) is 28.4. The van der Waals surface area contributed by atoms with Gasteiger partial charge < -0.3 is 49.3 Å². The first-order valence-electron chi connectivity index (χ1n) is 15.2. The lowest BCUT2D eigenvalue weighted by Gasteiger charge is -2.39. The van der Waals surface area contributed by atoms with Crippen LogP contribution in [0.4, 0.5) is 4.79 Å². The van der Waals surface area contributed by atoms with Crippen LogP contribution < -0.4 is 11.1 Å². The molecule has 2 amide bonds. The number of hydrogen-bond donors (Lipinski definition) is 3. The van der Waals surface area contributed by atoms with Crippen LogP contribution in [0.2, 0.25) is 0 Å². The zero-order valence-electron chi connectivity index (χ0n) is 27.6. The predicted molar refractivity (Wildman–Crippen MR) is 168 cm³/mol. The molecule has 1 aliphatic carbocycles. The standard InChI is InChI=1S/C32H46N2O11S/c1-16-10-9-11-20(39-5)27(44-30(33)37)31(4)26(45-31)18(3)25(42-8)21(40-6)14-17(2)24(41-7)19-15-32(38)28(46-13-12-43-32)22(23(19)35)34-29(16)36/h9-11,15,17-18,20-21,24-27,38H,12-14H2,1-8H3,(H2,33,37)(H,34,36)/b11-9-,16-10+/t17-,18+,20?,21-,24+,25?,26?,27+,31?,32?/m0/s1. The van der Waals surface area contributed by atoms with E-state index in [4.69, 9.17) is 38.9 Å². The van der Waals surface area contributed by atoms with Gasteiger partial charge in [-0.2, -0.15) is 0 Å². The highest BCUT2D eigenvalue weighted by Gasteiger charge is 2.65. The van der Waals surface area contributed by atoms with Gasteiger partial charge in [-0.3, -0.25) is 9.59 Å². The van der Waals surface area contributed by atoms with Gasteiger partial charge in [0, 0.05) is 51.3 Å². The molecule has 0 aromatic rings. The molecule has 0 saturated carbocycles. The fraction of sp³-hybridized carbons (Fsp3) is 0.656. The summed E-state index contributed by atoms with van der Waals surface area (Å²) in [4.78, 5) is 39.7. The maximum absolute atomic E-state index is 14.1. The van der Waals surface area contributed by atoms with Crippen molar-refractivity contribution in [1.29, 1.82) is 0 Å². The van der Waals surface area contributed by atoms with Crippen molar-refractivity contribution in [3.63, 3.8) is 0 Å². The van der Waals surface area contributed by atoms with Crippen molar-refractivity contribution in [2.24, 2.45) is 17.6 Å². The number of methoxy groups -OCH3 is 4. The summed E-state index contributed by atoms with van der Waals surface area (Å²) in [6.45, 7) is 7.49. The van der Waals surface area contributed by atoms with E-state index in [0.29, 0.717) is 12.2 Å². The number of carbonyl (C=O) groups excluding carboxylic acids is 3. The largest absolute Gasteiger partial charge is 0.440 e. The maximum Gasteiger partial charge on any atom is 0.404 e. The van der Waals surface area contributed by atoms with Gasteiger partial charge in [-0.25, -0.2) is 4.79 Å². The second kappa shape index (κ2) is 14.7. The number of nitrogens with two attached hydrogens (primary N) is 1. The summed E-state index contributed by atoms with van der Waals surface area (Å²) in [6.07, 6.45) is 1.57. The molecule has 0 aromatic carbocycles. The summed E-state index contributed by atoms with van der Waals surface area (Å²) in [5, 5.41) is 14.3. The van der Waals surface area contributed by atoms with Crippen molar-refractivity contribution >= 4 is 29.5 Å². The minimum absolute atomic E-state index is 0.0693. The minimum atomic E-state index is -1.92. The van der Waals surface area contributed by atoms with Crippen LogP contribution in [0.25, 0.3) is 0 Å². The van der Waals surface area contributed by atoms with E-state index in [-0.39, 0.29) is 40.2 Å². The number of fused-ring (bicyclic) bond motifs is 4. The lowest BCUT2D eigenvalue weighted by molar-refractivity contribution is -0.139. The van der Waals surface area contributed by atoms with Crippen molar-refractivity contribution in [1.82, 2.24) is 5.32 Å². The van der Waals surface area contributed by atoms with Gasteiger partial charge in [-0.15, -0.1) is 11.8 Å². The van der Waals surface area contributed by atoms with Crippen molar-refractivity contribution in [3.8, 4) is 0 Å². The van der Waals surface area contributed by atoms with E-state index in [9.17, 15) is 19.5 Å². The smallest absolute Gasteiger partial charge is 0.404 e. The monoisotopic (exact) mass is 666 g/mol. The quantitative estimate of drug-likeness (QED) is 0.365. The van der Waals surface area contributed by atoms with E-state index < -0.39 is 65.8 Å². The molecule has 4 rings (SSSR count). The Hall–Kier alpha value is -2.56. The Morgan fingerprint density at radius 2 is 1.85 bits per heavy atom. The number of amides is 2. The number of thioether (sulfide) groups is 1. The van der Waals surface area contributed by atoms with Gasteiger partial charge in [0.2, 0.25) is 11.6 Å². The van der Waals surface area contributed by atoms with Crippen LogP contribution in [0.15, 0.2) is 46.1 Å². The Balaban J connectivity index is 1.82. The average Bonchev–Trinajstić information content (AvgIpc) is 3.71. The summed E-state index contributed by atoms with van der Waals surface area (Å²) >= 11 is 1.24. The minimum Gasteiger partial charge on any atom is -0.440 e. The number of epoxide rings is 1. The van der Waals surface area contributed by atoms with Gasteiger partial charge in [0.25, 0.3) is 5.91 Å². The number of primary amides is 1. The van der Waals surface area contributed by atoms with Crippen LogP contribution in [0.5, 0.6) is 0 Å². The van der Waals surface area contributed by atoms with E-state index in [1.807, 2.05) is 20.8 Å². The van der Waals surface area contributed by atoms with Crippen LogP contribution in [0, 0.1) is 11.8 Å². The predicted octanol–water partition coefficient (Wildman–Crippen LogP) is 2.14. The molecule has 14 heteroatoms. The average molecular weight is 667 g/mol. The van der Waals surface area contributed by atoms with Gasteiger partial charge in [-0.05, 0) is 32.3 Å². The Kier molecular flexibility index (Phi) is 11.6. The van der Waals surface area contributed by atoms with E-state index in [1.54, 1.807) is 33.3 Å². The molecule has 0 spiro atoms. The molecule has 4 N–H and O–H groups in total. The summed E-state index contributed by atoms with van der Waals surface area (Å²) in [7, 11) is 6.09. The summed E-state index contributed by atoms with van der Waals surface area (Å²) < 4.78 is 41.0. The molecule has 256 valence electrons. The fourth-order valence-electron chi connectivity index (χ4n) is 6.75. The Bertz CT molecular complexity index is 1310. The summed E-state index contributed by atoms with van der Waals surface area (Å²) in [6, 6.07) is 0. The first-order chi connectivity index (χ1) is 21.8. The number of rotatable bonds is 5. The first kappa shape index (κ1) is 36.3. The Morgan fingerprint density at radius 3 is 2.46 bits per heavy atom. The highest BCUT2D eigenvalue weighted by molar-refractivity contribution is 8.03. The molecule has 4 aliphatic rings. The van der Waals surface area contributed by atoms with Crippen molar-refractivity contribution < 1.29 is 52.6 Å². The van der Waals surface area contributed by atoms with Gasteiger partial charge in [0.1, 0.15) is 17.4 Å². The third-order valence-corrected chi connectivity index (χ3v) is 10.3. The molecule has 0 radical (unpaired) electrons. The molecule has 5 unspecified atom stereocenters. The number of hydrogen-bond acceptors (Lipinski definition) is 12. The number of ketones is 1. The van der Waals surface area contributed by atoms with Gasteiger partial charge in [-0.1, -0.05) is 32.1 Å². The maximum atomic E-state index is 14.1. The van der Waals surface area contributed by atoms with E-state index in [2.05, 4.69) is 5.32 Å². The zero-order chi connectivity index (χ0) is 34.0. The number of nitrogens with one attached hydrogen (secondary N) is 1. The van der Waals surface area contributed by atoms with Crippen molar-refractivity contribution in [2.45, 2.75) is 82.1 Å². The van der Waals surface area contributed by atoms with Crippen LogP contribution in [-0.4, -0.2) is 112 Å². The molecule has 3 heterocycles. The highest BCUT2D eigenvalue weighted by atomic mass is 32.2. The summed E-state index contributed by atoms with van der Waals surface area (Å²) in [5.74, 6) is -3.08. The van der Waals surface area contributed by atoms with Crippen LogP contribution in [0.1, 0.15) is 34.1 Å². The number of allylic oxidation sites excluding steroid dienone is 3. The molecule has 13 nitrogen and oxygen atoms in total. The van der Waals surface area contributed by atoms with Gasteiger partial charge in [0.15, 0.2) is 6.10 Å². The van der Waals surface area contributed by atoms with E-state index >= 15 is 0 Å². The molecule has 2 fully saturated rings. The Morgan fingerprint density at radius 1 is 1.13 bits per heavy atom. The van der Waals surface area contributed by atoms with Crippen LogP contribution in [0.3, 0.4) is 0 Å². The normalized spacial score (nSPS) is 40.9. The first-order valence-corrected chi connectivity index (χ1v) is 16.2. The van der Waals surface area contributed by atoms with E-state index in [1.165, 1.54) is 38.1 Å². The topological polar surface area (TPSA) is 177 Å². The molecule has 46 heavy (non-hydrogen) atoms. The second-order valence-electron chi connectivity index (χ2n) is 12.2. The lowest BCUT2D eigenvalue weighted by Crippen LogP contribution is -2.48. The molecular formula is C32H46N2O11S.